The van der Waals surface area contributed by atoms with Crippen molar-refractivity contribution in [3.05, 3.63) is 58.9 Å². The second-order valence-corrected chi connectivity index (χ2v) is 9.34. The van der Waals surface area contributed by atoms with Crippen molar-refractivity contribution in [2.45, 2.75) is 58.3 Å². The van der Waals surface area contributed by atoms with Crippen LogP contribution in [0.15, 0.2) is 36.4 Å². The van der Waals surface area contributed by atoms with E-state index in [1.807, 2.05) is 19.1 Å². The maximum absolute atomic E-state index is 13.5. The van der Waals surface area contributed by atoms with Crippen molar-refractivity contribution in [1.82, 2.24) is 4.90 Å². The Morgan fingerprint density at radius 1 is 1.03 bits per heavy atom. The molecule has 2 aliphatic rings. The summed E-state index contributed by atoms with van der Waals surface area (Å²) in [6.45, 7) is 9.61. The molecule has 0 radical (unpaired) electrons. The molecule has 0 aliphatic carbocycles. The summed E-state index contributed by atoms with van der Waals surface area (Å²) in [7, 11) is 0. The van der Waals surface area contributed by atoms with Gasteiger partial charge >= 0.3 is 12.1 Å². The molecule has 2 fully saturated rings. The van der Waals surface area contributed by atoms with Gasteiger partial charge in [-0.2, -0.15) is 13.2 Å². The molecule has 36 heavy (non-hydrogen) atoms. The van der Waals surface area contributed by atoms with Gasteiger partial charge in [0.25, 0.3) is 5.91 Å². The number of halogens is 4. The van der Waals surface area contributed by atoms with Crippen molar-refractivity contribution >= 4 is 23.3 Å². The minimum absolute atomic E-state index is 0.279. The summed E-state index contributed by atoms with van der Waals surface area (Å²) >= 11 is 0. The zero-order valence-electron chi connectivity index (χ0n) is 20.5. The van der Waals surface area contributed by atoms with Gasteiger partial charge in [0, 0.05) is 42.1 Å². The summed E-state index contributed by atoms with van der Waals surface area (Å²) in [4.78, 5) is 26.6. The first-order valence-electron chi connectivity index (χ1n) is 11.9. The highest BCUT2D eigenvalue weighted by Gasteiger charge is 2.38. The molecule has 0 saturated carbocycles. The van der Waals surface area contributed by atoms with Crippen LogP contribution in [0.1, 0.15) is 47.7 Å². The van der Waals surface area contributed by atoms with Crippen molar-refractivity contribution in [2.75, 3.05) is 29.9 Å². The van der Waals surface area contributed by atoms with Crippen LogP contribution in [0.2, 0.25) is 0 Å². The lowest BCUT2D eigenvalue weighted by atomic mass is 10.1. The molecule has 4 rings (SSSR count). The minimum atomic E-state index is -5.08. The number of carboxylic acid groups (broad SMARTS) is 1. The number of nitrogens with one attached hydrogen (secondary N) is 1. The number of likely N-dealkylation sites (tertiary alicyclic amines) is 1. The molecule has 0 spiro atoms. The normalized spacial score (nSPS) is 20.1. The number of carbonyl (C=O) groups excluding carboxylic acids is 1. The van der Waals surface area contributed by atoms with E-state index in [0.29, 0.717) is 17.6 Å². The zero-order valence-corrected chi connectivity index (χ0v) is 20.5. The predicted octanol–water partition coefficient (Wildman–Crippen LogP) is 5.39. The summed E-state index contributed by atoms with van der Waals surface area (Å²) in [5.41, 5.74) is 4.25. The Balaban J connectivity index is 0.000000454. The second kappa shape index (κ2) is 11.3. The number of aryl methyl sites for hydroxylation is 2. The van der Waals surface area contributed by atoms with E-state index in [0.717, 1.165) is 29.9 Å². The number of rotatable bonds is 4. The molecule has 0 bridgehead atoms. The highest BCUT2D eigenvalue weighted by atomic mass is 19.4. The summed E-state index contributed by atoms with van der Waals surface area (Å²) in [5.74, 6) is -3.44. The number of carboxylic acids is 1. The maximum Gasteiger partial charge on any atom is 0.490 e. The van der Waals surface area contributed by atoms with Gasteiger partial charge in [0.15, 0.2) is 0 Å². The number of nitrogens with zero attached hydrogens (tertiary/aromatic N) is 2. The maximum atomic E-state index is 13.5. The first-order chi connectivity index (χ1) is 16.9. The average Bonchev–Trinajstić information content (AvgIpc) is 3.44. The monoisotopic (exact) mass is 509 g/mol. The smallest absolute Gasteiger partial charge is 0.475 e. The number of alkyl halides is 3. The highest BCUT2D eigenvalue weighted by Crippen LogP contribution is 2.31. The molecule has 0 aromatic heterocycles. The van der Waals surface area contributed by atoms with Gasteiger partial charge in [0.2, 0.25) is 0 Å². The Morgan fingerprint density at radius 2 is 1.72 bits per heavy atom. The molecule has 2 N–H and O–H groups in total. The van der Waals surface area contributed by atoms with E-state index in [-0.39, 0.29) is 5.91 Å². The third-order valence-electron chi connectivity index (χ3n) is 6.72. The molecule has 1 amide bonds. The number of carbonyl (C=O) groups is 2. The van der Waals surface area contributed by atoms with Crippen LogP contribution in [0.3, 0.4) is 0 Å². The first kappa shape index (κ1) is 27.4. The van der Waals surface area contributed by atoms with Gasteiger partial charge in [-0.15, -0.1) is 0 Å². The highest BCUT2D eigenvalue weighted by molar-refractivity contribution is 6.05. The van der Waals surface area contributed by atoms with E-state index in [2.05, 4.69) is 35.0 Å². The van der Waals surface area contributed by atoms with E-state index < -0.39 is 18.0 Å². The summed E-state index contributed by atoms with van der Waals surface area (Å²) in [6, 6.07) is 11.7. The molecule has 2 heterocycles. The van der Waals surface area contributed by atoms with Crippen molar-refractivity contribution in [2.24, 2.45) is 0 Å². The minimum Gasteiger partial charge on any atom is -0.475 e. The lowest BCUT2D eigenvalue weighted by Crippen LogP contribution is -2.39. The quantitative estimate of drug-likeness (QED) is 0.541. The van der Waals surface area contributed by atoms with Crippen LogP contribution in [0.25, 0.3) is 0 Å². The van der Waals surface area contributed by atoms with Crippen LogP contribution >= 0.6 is 0 Å². The van der Waals surface area contributed by atoms with Crippen LogP contribution in [0, 0.1) is 19.7 Å². The first-order valence-corrected chi connectivity index (χ1v) is 11.9. The van der Waals surface area contributed by atoms with Gasteiger partial charge in [-0.1, -0.05) is 6.07 Å². The standard InChI is InChI=1S/C24H30FN3O.C2HF3O2/c1-16-6-7-19(25)14-22(16)24(29)26-20-8-9-23(17(2)13-20)27-12-10-21(15-27)28-11-4-5-18(28)3;3-2(4,5)1(6)7/h6-9,13-14,18,21H,4-5,10-12,15H2,1-3H3,(H,26,29);(H,6,7). The topological polar surface area (TPSA) is 72.9 Å². The molecular weight excluding hydrogens is 478 g/mol. The van der Waals surface area contributed by atoms with Gasteiger partial charge in [-0.3, -0.25) is 9.69 Å². The fourth-order valence-electron chi connectivity index (χ4n) is 4.85. The summed E-state index contributed by atoms with van der Waals surface area (Å²) in [5, 5.41) is 10.0. The van der Waals surface area contributed by atoms with Crippen LogP contribution in [0.4, 0.5) is 28.9 Å². The molecule has 6 nitrogen and oxygen atoms in total. The van der Waals surface area contributed by atoms with Gasteiger partial charge in [-0.05, 0) is 88.0 Å². The van der Waals surface area contributed by atoms with E-state index >= 15 is 0 Å². The Bertz CT molecular complexity index is 1110. The molecule has 2 aromatic rings. The van der Waals surface area contributed by atoms with E-state index in [4.69, 9.17) is 9.90 Å². The van der Waals surface area contributed by atoms with Crippen LogP contribution in [-0.2, 0) is 4.79 Å². The molecule has 2 saturated heterocycles. The second-order valence-electron chi connectivity index (χ2n) is 9.34. The van der Waals surface area contributed by atoms with Gasteiger partial charge in [0.05, 0.1) is 0 Å². The summed E-state index contributed by atoms with van der Waals surface area (Å²) in [6.07, 6.45) is -1.24. The van der Waals surface area contributed by atoms with Gasteiger partial charge in [-0.25, -0.2) is 9.18 Å². The fourth-order valence-corrected chi connectivity index (χ4v) is 4.85. The molecule has 2 aromatic carbocycles. The number of benzene rings is 2. The number of amides is 1. The van der Waals surface area contributed by atoms with Crippen molar-refractivity contribution in [1.29, 1.82) is 0 Å². The molecule has 2 aliphatic heterocycles. The molecular formula is C26H31F4N3O3. The molecule has 2 atom stereocenters. The number of anilines is 2. The zero-order chi connectivity index (χ0) is 26.6. The molecule has 10 heteroatoms. The summed E-state index contributed by atoms with van der Waals surface area (Å²) < 4.78 is 45.3. The lowest BCUT2D eigenvalue weighted by Gasteiger charge is -2.29. The van der Waals surface area contributed by atoms with Crippen molar-refractivity contribution in [3.8, 4) is 0 Å². The molecule has 2 unspecified atom stereocenters. The number of hydrogen-bond acceptors (Lipinski definition) is 4. The Kier molecular flexibility index (Phi) is 8.60. The Morgan fingerprint density at radius 3 is 2.31 bits per heavy atom. The van der Waals surface area contributed by atoms with Gasteiger partial charge in [0.1, 0.15) is 5.82 Å². The number of aliphatic carboxylic acids is 1. The average molecular weight is 510 g/mol. The van der Waals surface area contributed by atoms with Crippen molar-refractivity contribution < 1.29 is 32.3 Å². The predicted molar refractivity (Wildman–Crippen MR) is 130 cm³/mol. The Hall–Kier alpha value is -3.14. The van der Waals surface area contributed by atoms with Crippen LogP contribution in [-0.4, -0.2) is 59.8 Å². The van der Waals surface area contributed by atoms with E-state index in [9.17, 15) is 22.4 Å². The van der Waals surface area contributed by atoms with E-state index in [1.54, 1.807) is 6.07 Å². The van der Waals surface area contributed by atoms with Crippen LogP contribution < -0.4 is 10.2 Å². The van der Waals surface area contributed by atoms with Gasteiger partial charge < -0.3 is 15.3 Å². The SMILES string of the molecule is Cc1ccc(F)cc1C(=O)Nc1ccc(N2CCC(N3CCCC3C)C2)c(C)c1.O=C(O)C(F)(F)F. The third-order valence-corrected chi connectivity index (χ3v) is 6.72. The molecule has 196 valence electrons. The Labute approximate surface area is 207 Å². The fraction of sp³-hybridized carbons (Fsp3) is 0.462. The van der Waals surface area contributed by atoms with E-state index in [1.165, 1.54) is 43.6 Å². The van der Waals surface area contributed by atoms with Crippen LogP contribution in [0.5, 0.6) is 0 Å². The lowest BCUT2D eigenvalue weighted by molar-refractivity contribution is -0.192. The largest absolute Gasteiger partial charge is 0.490 e. The van der Waals surface area contributed by atoms with Crippen molar-refractivity contribution in [3.63, 3.8) is 0 Å². The number of hydrogen-bond donors (Lipinski definition) is 2. The third kappa shape index (κ3) is 6.75.